The van der Waals surface area contributed by atoms with Gasteiger partial charge in [0, 0.05) is 44.0 Å². The van der Waals surface area contributed by atoms with Gasteiger partial charge in [0.2, 0.25) is 5.91 Å². The van der Waals surface area contributed by atoms with E-state index in [4.69, 9.17) is 4.98 Å². The van der Waals surface area contributed by atoms with Crippen molar-refractivity contribution >= 4 is 17.4 Å². The lowest BCUT2D eigenvalue weighted by Gasteiger charge is -2.35. The van der Waals surface area contributed by atoms with Crippen molar-refractivity contribution in [2.45, 2.75) is 45.4 Å². The van der Waals surface area contributed by atoms with E-state index in [1.165, 1.54) is 0 Å². The average molecular weight is 341 g/mol. The second-order valence-electron chi connectivity index (χ2n) is 7.61. The molecule has 134 valence electrons. The molecule has 0 aliphatic carbocycles. The maximum Gasteiger partial charge on any atom is 0.227 e. The van der Waals surface area contributed by atoms with Crippen molar-refractivity contribution in [2.75, 3.05) is 31.1 Å². The maximum absolute atomic E-state index is 12.8. The van der Waals surface area contributed by atoms with Crippen molar-refractivity contribution in [2.24, 2.45) is 5.92 Å². The van der Waals surface area contributed by atoms with Gasteiger partial charge >= 0.3 is 0 Å². The summed E-state index contributed by atoms with van der Waals surface area (Å²) in [6.07, 6.45) is 6.14. The second-order valence-corrected chi connectivity index (χ2v) is 7.61. The van der Waals surface area contributed by atoms with Crippen molar-refractivity contribution in [1.82, 2.24) is 19.5 Å². The van der Waals surface area contributed by atoms with Crippen LogP contribution in [0.5, 0.6) is 0 Å². The van der Waals surface area contributed by atoms with E-state index in [0.29, 0.717) is 11.8 Å². The predicted octanol–water partition coefficient (Wildman–Crippen LogP) is 2.69. The molecule has 4 rings (SSSR count). The molecule has 0 bridgehead atoms. The topological polar surface area (TPSA) is 53.7 Å². The molecule has 0 aromatic carbocycles. The SMILES string of the molecule is CC(C)c1cc(N2CCC[C@H](C(=O)N3CCCC3)C2)n2nccc2n1. The van der Waals surface area contributed by atoms with Crippen LogP contribution in [0.25, 0.3) is 5.65 Å². The summed E-state index contributed by atoms with van der Waals surface area (Å²) >= 11 is 0. The third kappa shape index (κ3) is 3.10. The Morgan fingerprint density at radius 2 is 2.00 bits per heavy atom. The summed E-state index contributed by atoms with van der Waals surface area (Å²) in [6.45, 7) is 7.95. The van der Waals surface area contributed by atoms with Crippen LogP contribution in [0.15, 0.2) is 18.3 Å². The number of nitrogens with zero attached hydrogens (tertiary/aromatic N) is 5. The lowest BCUT2D eigenvalue weighted by Crippen LogP contribution is -2.44. The minimum atomic E-state index is 0.105. The van der Waals surface area contributed by atoms with Crippen molar-refractivity contribution in [3.8, 4) is 0 Å². The number of hydrogen-bond acceptors (Lipinski definition) is 4. The Morgan fingerprint density at radius 3 is 2.76 bits per heavy atom. The van der Waals surface area contributed by atoms with Crippen LogP contribution in [0.1, 0.15) is 51.1 Å². The van der Waals surface area contributed by atoms with Crippen molar-refractivity contribution in [1.29, 1.82) is 0 Å². The molecule has 0 N–H and O–H groups in total. The third-order valence-corrected chi connectivity index (χ3v) is 5.46. The van der Waals surface area contributed by atoms with E-state index in [2.05, 4.69) is 34.8 Å². The molecule has 0 saturated carbocycles. The van der Waals surface area contributed by atoms with Crippen LogP contribution in [-0.2, 0) is 4.79 Å². The number of aromatic nitrogens is 3. The fourth-order valence-corrected chi connectivity index (χ4v) is 4.02. The van der Waals surface area contributed by atoms with Crippen LogP contribution in [0.2, 0.25) is 0 Å². The van der Waals surface area contributed by atoms with Gasteiger partial charge < -0.3 is 9.80 Å². The molecule has 0 spiro atoms. The van der Waals surface area contributed by atoms with Gasteiger partial charge in [-0.3, -0.25) is 4.79 Å². The molecule has 2 aromatic rings. The second kappa shape index (κ2) is 6.65. The highest BCUT2D eigenvalue weighted by molar-refractivity contribution is 5.80. The number of anilines is 1. The Labute approximate surface area is 148 Å². The van der Waals surface area contributed by atoms with Crippen molar-refractivity contribution in [3.05, 3.63) is 24.0 Å². The first kappa shape index (κ1) is 16.4. The highest BCUT2D eigenvalue weighted by Gasteiger charge is 2.31. The number of piperidine rings is 1. The Bertz CT molecular complexity index is 762. The minimum absolute atomic E-state index is 0.105. The molecule has 0 radical (unpaired) electrons. The van der Waals surface area contributed by atoms with Crippen molar-refractivity contribution in [3.63, 3.8) is 0 Å². The summed E-state index contributed by atoms with van der Waals surface area (Å²) in [7, 11) is 0. The number of rotatable bonds is 3. The van der Waals surface area contributed by atoms with E-state index in [1.54, 1.807) is 6.20 Å². The summed E-state index contributed by atoms with van der Waals surface area (Å²) in [4.78, 5) is 21.9. The summed E-state index contributed by atoms with van der Waals surface area (Å²) in [5.41, 5.74) is 1.96. The number of likely N-dealkylation sites (tertiary alicyclic amines) is 1. The van der Waals surface area contributed by atoms with E-state index in [0.717, 1.165) is 69.0 Å². The summed E-state index contributed by atoms with van der Waals surface area (Å²) in [5.74, 6) is 1.88. The van der Waals surface area contributed by atoms with Gasteiger partial charge in [0.1, 0.15) is 5.82 Å². The molecule has 2 saturated heterocycles. The van der Waals surface area contributed by atoms with Gasteiger partial charge in [-0.1, -0.05) is 13.8 Å². The van der Waals surface area contributed by atoms with Gasteiger partial charge in [-0.15, -0.1) is 0 Å². The smallest absolute Gasteiger partial charge is 0.227 e. The highest BCUT2D eigenvalue weighted by Crippen LogP contribution is 2.28. The van der Waals surface area contributed by atoms with Crippen LogP contribution in [0.4, 0.5) is 5.82 Å². The van der Waals surface area contributed by atoms with Crippen LogP contribution in [-0.4, -0.2) is 51.6 Å². The molecule has 2 aromatic heterocycles. The van der Waals surface area contributed by atoms with E-state index in [9.17, 15) is 4.79 Å². The fraction of sp³-hybridized carbons (Fsp3) is 0.632. The number of carbonyl (C=O) groups is 1. The van der Waals surface area contributed by atoms with Gasteiger partial charge in [-0.25, -0.2) is 4.98 Å². The van der Waals surface area contributed by atoms with Crippen LogP contribution in [0.3, 0.4) is 0 Å². The summed E-state index contributed by atoms with van der Waals surface area (Å²) in [5, 5.41) is 4.46. The van der Waals surface area contributed by atoms with Gasteiger partial charge in [0.05, 0.1) is 12.1 Å². The summed E-state index contributed by atoms with van der Waals surface area (Å²) < 4.78 is 1.91. The fourth-order valence-electron chi connectivity index (χ4n) is 4.02. The summed E-state index contributed by atoms with van der Waals surface area (Å²) in [6, 6.07) is 4.10. The van der Waals surface area contributed by atoms with Crippen LogP contribution >= 0.6 is 0 Å². The molecule has 4 heterocycles. The van der Waals surface area contributed by atoms with Crippen LogP contribution in [0, 0.1) is 5.92 Å². The zero-order chi connectivity index (χ0) is 17.4. The Kier molecular flexibility index (Phi) is 4.36. The van der Waals surface area contributed by atoms with Gasteiger partial charge in [-0.2, -0.15) is 9.61 Å². The Balaban J connectivity index is 1.61. The van der Waals surface area contributed by atoms with E-state index < -0.39 is 0 Å². The molecule has 0 unspecified atom stereocenters. The molecule has 1 amide bonds. The van der Waals surface area contributed by atoms with E-state index in [-0.39, 0.29) is 5.92 Å². The first-order chi connectivity index (χ1) is 12.1. The lowest BCUT2D eigenvalue weighted by molar-refractivity contribution is -0.134. The largest absolute Gasteiger partial charge is 0.356 e. The van der Waals surface area contributed by atoms with Crippen LogP contribution < -0.4 is 4.90 Å². The number of carbonyl (C=O) groups excluding carboxylic acids is 1. The molecule has 1 atom stereocenters. The standard InChI is InChI=1S/C19H27N5O/c1-14(2)16-12-18(24-17(21-16)7-8-20-24)23-11-5-6-15(13-23)19(25)22-9-3-4-10-22/h7-8,12,14-15H,3-6,9-11,13H2,1-2H3/t15-/m0/s1. The molecule has 6 nitrogen and oxygen atoms in total. The van der Waals surface area contributed by atoms with E-state index in [1.807, 2.05) is 10.6 Å². The zero-order valence-electron chi connectivity index (χ0n) is 15.2. The zero-order valence-corrected chi connectivity index (χ0v) is 15.2. The van der Waals surface area contributed by atoms with Crippen molar-refractivity contribution < 1.29 is 4.79 Å². The molecule has 6 heteroatoms. The molecule has 2 fully saturated rings. The highest BCUT2D eigenvalue weighted by atomic mass is 16.2. The first-order valence-corrected chi connectivity index (χ1v) is 9.52. The molecule has 2 aliphatic rings. The normalized spacial score (nSPS) is 21.5. The Hall–Kier alpha value is -2.11. The number of fused-ring (bicyclic) bond motifs is 1. The maximum atomic E-state index is 12.8. The van der Waals surface area contributed by atoms with E-state index >= 15 is 0 Å². The molecular formula is C19H27N5O. The lowest BCUT2D eigenvalue weighted by atomic mass is 9.96. The Morgan fingerprint density at radius 1 is 1.20 bits per heavy atom. The quantitative estimate of drug-likeness (QED) is 0.861. The van der Waals surface area contributed by atoms with Gasteiger partial charge in [0.25, 0.3) is 0 Å². The third-order valence-electron chi connectivity index (χ3n) is 5.46. The number of amides is 1. The average Bonchev–Trinajstić information content (AvgIpc) is 3.31. The molecular weight excluding hydrogens is 314 g/mol. The minimum Gasteiger partial charge on any atom is -0.356 e. The molecule has 2 aliphatic heterocycles. The van der Waals surface area contributed by atoms with Gasteiger partial charge in [0.15, 0.2) is 5.65 Å². The van der Waals surface area contributed by atoms with Gasteiger partial charge in [-0.05, 0) is 31.6 Å². The molecule has 25 heavy (non-hydrogen) atoms. The first-order valence-electron chi connectivity index (χ1n) is 9.52. The monoisotopic (exact) mass is 341 g/mol. The predicted molar refractivity (Wildman–Crippen MR) is 97.8 cm³/mol. The number of hydrogen-bond donors (Lipinski definition) is 0.